The van der Waals surface area contributed by atoms with Gasteiger partial charge < -0.3 is 10.1 Å². The molecule has 0 aliphatic heterocycles. The van der Waals surface area contributed by atoms with Gasteiger partial charge in [0.2, 0.25) is 0 Å². The number of Topliss-reactive ketones (excluding diaryl/α,β-unsaturated/α-hetero) is 1. The highest BCUT2D eigenvalue weighted by Crippen LogP contribution is 1.50. The van der Waals surface area contributed by atoms with Gasteiger partial charge in [-0.3, -0.25) is 0 Å². The minimum Gasteiger partial charge on any atom is -0.317 e. The zero-order valence-corrected chi connectivity index (χ0v) is 8.96. The highest BCUT2D eigenvalue weighted by Gasteiger charge is 1.63. The van der Waals surface area contributed by atoms with E-state index in [1.54, 1.807) is 0 Å². The number of ketones is 1. The molecule has 0 bridgehead atoms. The zero-order chi connectivity index (χ0) is 9.70. The molecule has 11 heavy (non-hydrogen) atoms. The van der Waals surface area contributed by atoms with Gasteiger partial charge in [0.25, 0.3) is 0 Å². The third kappa shape index (κ3) is 169. The van der Waals surface area contributed by atoms with Gasteiger partial charge in [0, 0.05) is 6.38 Å². The first-order chi connectivity index (χ1) is 5.15. The maximum absolute atomic E-state index is 9.44. The topological polar surface area (TPSA) is 29.1 Å². The van der Waals surface area contributed by atoms with Gasteiger partial charge in [0.15, 0.2) is 0 Å². The quantitative estimate of drug-likeness (QED) is 0.661. The molecule has 70 valence electrons. The highest BCUT2D eigenvalue weighted by atomic mass is 35.5. The Balaban J connectivity index is -0.0000000965. The molecule has 0 amide bonds. The van der Waals surface area contributed by atoms with Crippen LogP contribution in [0.2, 0.25) is 0 Å². The second kappa shape index (κ2) is 22.5. The lowest BCUT2D eigenvalue weighted by Gasteiger charge is -1.86. The van der Waals surface area contributed by atoms with Gasteiger partial charge >= 0.3 is 0 Å². The summed E-state index contributed by atoms with van der Waals surface area (Å²) in [6.45, 7) is 9.44. The van der Waals surface area contributed by atoms with Crippen molar-refractivity contribution in [3.05, 3.63) is 0 Å². The van der Waals surface area contributed by atoms with Crippen LogP contribution in [-0.2, 0) is 4.79 Å². The van der Waals surface area contributed by atoms with Gasteiger partial charge in [-0.05, 0) is 26.9 Å². The molecular weight excluding hydrogens is 162 g/mol. The third-order valence-corrected chi connectivity index (χ3v) is 0.500. The first kappa shape index (κ1) is 17.1. The Hall–Kier alpha value is -0.0800. The maximum atomic E-state index is 9.44. The largest absolute Gasteiger partial charge is 0.317 e. The number of hydrogen-bond acceptors (Lipinski definition) is 2. The first-order valence-electron chi connectivity index (χ1n) is 3.70. The smallest absolute Gasteiger partial charge is 0.126 e. The SMILES string of the molecule is CC(C)=O.CCNCC.CCl. The van der Waals surface area contributed by atoms with Gasteiger partial charge in [-0.1, -0.05) is 13.8 Å². The summed E-state index contributed by atoms with van der Waals surface area (Å²) in [5.41, 5.74) is 0. The van der Waals surface area contributed by atoms with Crippen molar-refractivity contribution in [2.75, 3.05) is 19.5 Å². The summed E-state index contributed by atoms with van der Waals surface area (Å²) in [4.78, 5) is 9.44. The van der Waals surface area contributed by atoms with E-state index in [4.69, 9.17) is 0 Å². The van der Waals surface area contributed by atoms with Crippen LogP contribution in [0.15, 0.2) is 0 Å². The highest BCUT2D eigenvalue weighted by molar-refractivity contribution is 6.15. The molecule has 0 spiro atoms. The predicted octanol–water partition coefficient (Wildman–Crippen LogP) is 2.07. The number of halogens is 1. The molecule has 3 heteroatoms. The average Bonchev–Trinajstić information content (AvgIpc) is 1.93. The molecule has 0 fully saturated rings. The molecule has 0 heterocycles. The monoisotopic (exact) mass is 181 g/mol. The molecular formula is C8H20ClNO. The third-order valence-electron chi connectivity index (χ3n) is 0.500. The second-order valence-electron chi connectivity index (χ2n) is 1.87. The van der Waals surface area contributed by atoms with E-state index in [1.165, 1.54) is 20.2 Å². The van der Waals surface area contributed by atoms with Crippen LogP contribution < -0.4 is 5.32 Å². The minimum atomic E-state index is 0.167. The standard InChI is InChI=1S/C4H11N.C3H6O.CH3Cl/c1-3-5-4-2;1-3(2)4;1-2/h5H,3-4H2,1-2H3;1-2H3;1H3. The van der Waals surface area contributed by atoms with E-state index in [0.717, 1.165) is 13.1 Å². The molecule has 0 aliphatic rings. The van der Waals surface area contributed by atoms with Crippen molar-refractivity contribution in [3.63, 3.8) is 0 Å². The second-order valence-corrected chi connectivity index (χ2v) is 1.87. The van der Waals surface area contributed by atoms with Gasteiger partial charge in [0.05, 0.1) is 0 Å². The fourth-order valence-electron chi connectivity index (χ4n) is 0.250. The fraction of sp³-hybridized carbons (Fsp3) is 0.875. The molecule has 0 unspecified atom stereocenters. The zero-order valence-electron chi connectivity index (χ0n) is 8.20. The van der Waals surface area contributed by atoms with Gasteiger partial charge in [-0.2, -0.15) is 0 Å². The number of carbonyl (C=O) groups excluding carboxylic acids is 1. The Morgan fingerprint density at radius 1 is 1.18 bits per heavy atom. The normalized spacial score (nSPS) is 6.73. The number of rotatable bonds is 2. The lowest BCUT2D eigenvalue weighted by atomic mass is 10.6. The summed E-state index contributed by atoms with van der Waals surface area (Å²) in [6, 6.07) is 0. The molecule has 0 atom stereocenters. The van der Waals surface area contributed by atoms with E-state index in [9.17, 15) is 4.79 Å². The Morgan fingerprint density at radius 2 is 1.36 bits per heavy atom. The predicted molar refractivity (Wildman–Crippen MR) is 52.3 cm³/mol. The molecule has 0 aromatic carbocycles. The summed E-state index contributed by atoms with van der Waals surface area (Å²) in [7, 11) is 0. The molecule has 0 radical (unpaired) electrons. The molecule has 0 saturated carbocycles. The molecule has 0 aromatic heterocycles. The first-order valence-corrected chi connectivity index (χ1v) is 4.46. The number of alkyl halides is 1. The van der Waals surface area contributed by atoms with Crippen molar-refractivity contribution in [2.24, 2.45) is 0 Å². The van der Waals surface area contributed by atoms with Gasteiger partial charge in [-0.25, -0.2) is 0 Å². The van der Waals surface area contributed by atoms with Gasteiger partial charge in [-0.15, -0.1) is 11.6 Å². The summed E-state index contributed by atoms with van der Waals surface area (Å²) in [6.07, 6.45) is 1.47. The van der Waals surface area contributed by atoms with Crippen LogP contribution >= 0.6 is 11.6 Å². The van der Waals surface area contributed by atoms with Crippen molar-refractivity contribution in [1.82, 2.24) is 5.32 Å². The van der Waals surface area contributed by atoms with E-state index in [2.05, 4.69) is 30.8 Å². The Labute approximate surface area is 75.3 Å². The lowest BCUT2D eigenvalue weighted by molar-refractivity contribution is -0.114. The summed E-state index contributed by atoms with van der Waals surface area (Å²) < 4.78 is 0. The van der Waals surface area contributed by atoms with Crippen molar-refractivity contribution < 1.29 is 4.79 Å². The summed E-state index contributed by atoms with van der Waals surface area (Å²) >= 11 is 4.64. The minimum absolute atomic E-state index is 0.167. The van der Waals surface area contributed by atoms with Gasteiger partial charge in [0.1, 0.15) is 5.78 Å². The van der Waals surface area contributed by atoms with Crippen LogP contribution in [0, 0.1) is 0 Å². The van der Waals surface area contributed by atoms with Crippen LogP contribution in [0.4, 0.5) is 0 Å². The Morgan fingerprint density at radius 3 is 1.36 bits per heavy atom. The Bertz CT molecular complexity index is 61.1. The number of nitrogens with one attached hydrogen (secondary N) is 1. The van der Waals surface area contributed by atoms with E-state index in [1.807, 2.05) is 0 Å². The number of hydrogen-bond donors (Lipinski definition) is 1. The summed E-state index contributed by atoms with van der Waals surface area (Å²) in [5.74, 6) is 0.167. The van der Waals surface area contributed by atoms with E-state index >= 15 is 0 Å². The van der Waals surface area contributed by atoms with Crippen LogP contribution in [0.1, 0.15) is 27.7 Å². The van der Waals surface area contributed by atoms with E-state index in [0.29, 0.717) is 0 Å². The molecule has 0 aromatic rings. The van der Waals surface area contributed by atoms with Crippen molar-refractivity contribution in [3.8, 4) is 0 Å². The number of carbonyl (C=O) groups is 1. The van der Waals surface area contributed by atoms with Crippen LogP contribution in [-0.4, -0.2) is 25.3 Å². The molecule has 2 nitrogen and oxygen atoms in total. The fourth-order valence-corrected chi connectivity index (χ4v) is 0.250. The maximum Gasteiger partial charge on any atom is 0.126 e. The molecule has 1 N–H and O–H groups in total. The molecule has 0 saturated heterocycles. The lowest BCUT2D eigenvalue weighted by Crippen LogP contribution is -2.09. The van der Waals surface area contributed by atoms with Crippen LogP contribution in [0.5, 0.6) is 0 Å². The van der Waals surface area contributed by atoms with Crippen LogP contribution in [0.25, 0.3) is 0 Å². The van der Waals surface area contributed by atoms with E-state index < -0.39 is 0 Å². The average molecular weight is 182 g/mol. The molecule has 0 aliphatic carbocycles. The molecule has 0 rings (SSSR count). The van der Waals surface area contributed by atoms with Crippen LogP contribution in [0.3, 0.4) is 0 Å². The van der Waals surface area contributed by atoms with Crippen molar-refractivity contribution in [1.29, 1.82) is 0 Å². The summed E-state index contributed by atoms with van der Waals surface area (Å²) in [5, 5.41) is 3.11. The van der Waals surface area contributed by atoms with Crippen molar-refractivity contribution >= 4 is 17.4 Å². The van der Waals surface area contributed by atoms with Crippen molar-refractivity contribution in [2.45, 2.75) is 27.7 Å². The Kier molecular flexibility index (Phi) is 35.1. The van der Waals surface area contributed by atoms with E-state index in [-0.39, 0.29) is 5.78 Å².